The summed E-state index contributed by atoms with van der Waals surface area (Å²) in [4.78, 5) is 13.8. The van der Waals surface area contributed by atoms with Gasteiger partial charge in [0.05, 0.1) is 0 Å². The predicted octanol–water partition coefficient (Wildman–Crippen LogP) is 2.23. The highest BCUT2D eigenvalue weighted by Crippen LogP contribution is 2.24. The molecule has 0 bridgehead atoms. The molecule has 1 amide bonds. The van der Waals surface area contributed by atoms with Crippen LogP contribution in [0.2, 0.25) is 0 Å². The molecule has 0 fully saturated rings. The van der Waals surface area contributed by atoms with Crippen molar-refractivity contribution in [3.05, 3.63) is 29.3 Å². The first-order valence-corrected chi connectivity index (χ1v) is 5.67. The van der Waals surface area contributed by atoms with Gasteiger partial charge in [0.15, 0.2) is 0 Å². The maximum absolute atomic E-state index is 11.6. The van der Waals surface area contributed by atoms with Crippen LogP contribution in [0.1, 0.15) is 25.0 Å². The summed E-state index contributed by atoms with van der Waals surface area (Å²) in [5.74, 6) is 0.0993. The van der Waals surface area contributed by atoms with Crippen LogP contribution in [-0.2, 0) is 17.9 Å². The first kappa shape index (κ1) is 11.1. The number of fused-ring (bicyclic) bond motifs is 1. The molecular formula is C13H18N2O. The molecule has 0 aliphatic carbocycles. The SMILES string of the molecule is CC(C)C(=O)Nc1ccc2c(c1)CN(C)C2. The quantitative estimate of drug-likeness (QED) is 0.825. The zero-order valence-electron chi connectivity index (χ0n) is 10.1. The van der Waals surface area contributed by atoms with Crippen LogP contribution in [0, 0.1) is 5.92 Å². The summed E-state index contributed by atoms with van der Waals surface area (Å²) in [6, 6.07) is 6.17. The van der Waals surface area contributed by atoms with Crippen LogP contribution in [-0.4, -0.2) is 17.9 Å². The van der Waals surface area contributed by atoms with E-state index in [-0.39, 0.29) is 11.8 Å². The molecule has 86 valence electrons. The van der Waals surface area contributed by atoms with Gasteiger partial charge in [0, 0.05) is 24.7 Å². The van der Waals surface area contributed by atoms with Crippen LogP contribution >= 0.6 is 0 Å². The molecule has 3 heteroatoms. The highest BCUT2D eigenvalue weighted by molar-refractivity contribution is 5.92. The van der Waals surface area contributed by atoms with Gasteiger partial charge in [0.25, 0.3) is 0 Å². The molecule has 2 rings (SSSR count). The molecule has 0 atom stereocenters. The van der Waals surface area contributed by atoms with Gasteiger partial charge in [0.2, 0.25) is 5.91 Å². The summed E-state index contributed by atoms with van der Waals surface area (Å²) < 4.78 is 0. The van der Waals surface area contributed by atoms with Gasteiger partial charge in [-0.2, -0.15) is 0 Å². The van der Waals surface area contributed by atoms with Gasteiger partial charge in [-0.3, -0.25) is 9.69 Å². The van der Waals surface area contributed by atoms with Crippen molar-refractivity contribution in [3.63, 3.8) is 0 Å². The Morgan fingerprint density at radius 1 is 1.31 bits per heavy atom. The molecule has 3 nitrogen and oxygen atoms in total. The number of nitrogens with zero attached hydrogens (tertiary/aromatic N) is 1. The van der Waals surface area contributed by atoms with Crippen LogP contribution < -0.4 is 5.32 Å². The number of anilines is 1. The van der Waals surface area contributed by atoms with Crippen LogP contribution in [0.3, 0.4) is 0 Å². The van der Waals surface area contributed by atoms with Crippen molar-refractivity contribution in [2.45, 2.75) is 26.9 Å². The number of carbonyl (C=O) groups is 1. The molecule has 0 spiro atoms. The van der Waals surface area contributed by atoms with E-state index in [2.05, 4.69) is 29.4 Å². The maximum Gasteiger partial charge on any atom is 0.226 e. The number of amides is 1. The lowest BCUT2D eigenvalue weighted by Gasteiger charge is -2.08. The lowest BCUT2D eigenvalue weighted by atomic mass is 10.1. The number of carbonyl (C=O) groups excluding carboxylic acids is 1. The normalized spacial score (nSPS) is 15.2. The van der Waals surface area contributed by atoms with E-state index in [1.54, 1.807) is 0 Å². The number of hydrogen-bond acceptors (Lipinski definition) is 2. The van der Waals surface area contributed by atoms with Crippen molar-refractivity contribution in [2.75, 3.05) is 12.4 Å². The smallest absolute Gasteiger partial charge is 0.226 e. The number of hydrogen-bond donors (Lipinski definition) is 1. The van der Waals surface area contributed by atoms with E-state index in [0.717, 1.165) is 18.8 Å². The van der Waals surface area contributed by atoms with Gasteiger partial charge in [-0.15, -0.1) is 0 Å². The largest absolute Gasteiger partial charge is 0.326 e. The zero-order valence-corrected chi connectivity index (χ0v) is 10.1. The highest BCUT2D eigenvalue weighted by Gasteiger charge is 2.16. The lowest BCUT2D eigenvalue weighted by molar-refractivity contribution is -0.118. The third kappa shape index (κ3) is 2.25. The Bertz CT molecular complexity index is 412. The Morgan fingerprint density at radius 3 is 2.69 bits per heavy atom. The molecular weight excluding hydrogens is 200 g/mol. The maximum atomic E-state index is 11.6. The monoisotopic (exact) mass is 218 g/mol. The van der Waals surface area contributed by atoms with Crippen molar-refractivity contribution in [2.24, 2.45) is 5.92 Å². The lowest BCUT2D eigenvalue weighted by Crippen LogP contribution is -2.17. The van der Waals surface area contributed by atoms with E-state index in [1.165, 1.54) is 11.1 Å². The molecule has 0 unspecified atom stereocenters. The molecule has 16 heavy (non-hydrogen) atoms. The Morgan fingerprint density at radius 2 is 2.00 bits per heavy atom. The minimum absolute atomic E-state index is 0.0240. The minimum Gasteiger partial charge on any atom is -0.326 e. The van der Waals surface area contributed by atoms with Gasteiger partial charge in [-0.1, -0.05) is 19.9 Å². The second-order valence-electron chi connectivity index (χ2n) is 4.80. The average molecular weight is 218 g/mol. The van der Waals surface area contributed by atoms with Gasteiger partial charge >= 0.3 is 0 Å². The zero-order chi connectivity index (χ0) is 11.7. The first-order chi connectivity index (χ1) is 7.56. The summed E-state index contributed by atoms with van der Waals surface area (Å²) in [5, 5.41) is 2.93. The van der Waals surface area contributed by atoms with E-state index in [0.29, 0.717) is 0 Å². The topological polar surface area (TPSA) is 32.3 Å². The van der Waals surface area contributed by atoms with E-state index >= 15 is 0 Å². The molecule has 0 saturated carbocycles. The third-order valence-corrected chi connectivity index (χ3v) is 2.88. The van der Waals surface area contributed by atoms with Gasteiger partial charge in [-0.25, -0.2) is 0 Å². The van der Waals surface area contributed by atoms with Crippen molar-refractivity contribution in [1.29, 1.82) is 0 Å². The summed E-state index contributed by atoms with van der Waals surface area (Å²) in [6.07, 6.45) is 0. The molecule has 1 heterocycles. The predicted molar refractivity (Wildman–Crippen MR) is 65.1 cm³/mol. The van der Waals surface area contributed by atoms with Crippen LogP contribution in [0.4, 0.5) is 5.69 Å². The first-order valence-electron chi connectivity index (χ1n) is 5.67. The minimum atomic E-state index is 0.0240. The molecule has 0 radical (unpaired) electrons. The Labute approximate surface area is 96.5 Å². The summed E-state index contributed by atoms with van der Waals surface area (Å²) in [6.45, 7) is 5.78. The Balaban J connectivity index is 2.14. The fourth-order valence-corrected chi connectivity index (χ4v) is 1.93. The Kier molecular flexibility index (Phi) is 2.97. The molecule has 1 aromatic rings. The van der Waals surface area contributed by atoms with Crippen molar-refractivity contribution in [3.8, 4) is 0 Å². The summed E-state index contributed by atoms with van der Waals surface area (Å²) in [5.41, 5.74) is 3.60. The molecule has 0 saturated heterocycles. The summed E-state index contributed by atoms with van der Waals surface area (Å²) in [7, 11) is 2.10. The van der Waals surface area contributed by atoms with Crippen molar-refractivity contribution >= 4 is 11.6 Å². The van der Waals surface area contributed by atoms with Crippen LogP contribution in [0.15, 0.2) is 18.2 Å². The Hall–Kier alpha value is -1.35. The number of nitrogens with one attached hydrogen (secondary N) is 1. The van der Waals surface area contributed by atoms with E-state index < -0.39 is 0 Å². The average Bonchev–Trinajstić information content (AvgIpc) is 2.57. The van der Waals surface area contributed by atoms with Gasteiger partial charge in [-0.05, 0) is 30.3 Å². The molecule has 0 aromatic heterocycles. The van der Waals surface area contributed by atoms with Crippen molar-refractivity contribution in [1.82, 2.24) is 4.90 Å². The second kappa shape index (κ2) is 4.26. The van der Waals surface area contributed by atoms with E-state index in [4.69, 9.17) is 0 Å². The fraction of sp³-hybridized carbons (Fsp3) is 0.462. The van der Waals surface area contributed by atoms with Crippen molar-refractivity contribution < 1.29 is 4.79 Å². The standard InChI is InChI=1S/C13H18N2O/c1-9(2)13(16)14-12-5-4-10-7-15(3)8-11(10)6-12/h4-6,9H,7-8H2,1-3H3,(H,14,16). The van der Waals surface area contributed by atoms with E-state index in [9.17, 15) is 4.79 Å². The second-order valence-corrected chi connectivity index (χ2v) is 4.80. The third-order valence-electron chi connectivity index (χ3n) is 2.88. The highest BCUT2D eigenvalue weighted by atomic mass is 16.1. The molecule has 1 aliphatic heterocycles. The number of benzene rings is 1. The van der Waals surface area contributed by atoms with Gasteiger partial charge < -0.3 is 5.32 Å². The summed E-state index contributed by atoms with van der Waals surface area (Å²) >= 11 is 0. The molecule has 1 aliphatic rings. The fourth-order valence-electron chi connectivity index (χ4n) is 1.93. The van der Waals surface area contributed by atoms with Crippen LogP contribution in [0.25, 0.3) is 0 Å². The van der Waals surface area contributed by atoms with Gasteiger partial charge in [0.1, 0.15) is 0 Å². The number of rotatable bonds is 2. The van der Waals surface area contributed by atoms with E-state index in [1.807, 2.05) is 19.9 Å². The molecule has 1 N–H and O–H groups in total. The molecule has 1 aromatic carbocycles. The van der Waals surface area contributed by atoms with Crippen LogP contribution in [0.5, 0.6) is 0 Å².